The average Bonchev–Trinajstić information content (AvgIpc) is 2.72. The van der Waals surface area contributed by atoms with Crippen molar-refractivity contribution in [3.63, 3.8) is 0 Å². The lowest BCUT2D eigenvalue weighted by molar-refractivity contribution is -0.120. The van der Waals surface area contributed by atoms with E-state index < -0.39 is 11.6 Å². The van der Waals surface area contributed by atoms with Crippen LogP contribution in [0.5, 0.6) is 0 Å². The van der Waals surface area contributed by atoms with Crippen LogP contribution < -0.4 is 11.1 Å². The van der Waals surface area contributed by atoms with Gasteiger partial charge in [0.25, 0.3) is 0 Å². The van der Waals surface area contributed by atoms with Gasteiger partial charge in [0.15, 0.2) is 0 Å². The summed E-state index contributed by atoms with van der Waals surface area (Å²) in [5.41, 5.74) is 5.77. The molecule has 0 heterocycles. The SMILES string of the molecule is NC1CCCC1C(=O)Nc1cc(Br)c(F)cc1F. The first-order chi connectivity index (χ1) is 8.49. The van der Waals surface area contributed by atoms with Crippen molar-refractivity contribution >= 4 is 27.5 Å². The van der Waals surface area contributed by atoms with E-state index in [1.54, 1.807) is 0 Å². The molecule has 1 aromatic rings. The van der Waals surface area contributed by atoms with Gasteiger partial charge in [0.1, 0.15) is 11.6 Å². The number of hydrogen-bond donors (Lipinski definition) is 2. The van der Waals surface area contributed by atoms with Crippen molar-refractivity contribution in [3.05, 3.63) is 28.2 Å². The monoisotopic (exact) mass is 318 g/mol. The number of anilines is 1. The van der Waals surface area contributed by atoms with Gasteiger partial charge in [-0.15, -0.1) is 0 Å². The molecule has 6 heteroatoms. The highest BCUT2D eigenvalue weighted by atomic mass is 79.9. The highest BCUT2D eigenvalue weighted by Gasteiger charge is 2.30. The van der Waals surface area contributed by atoms with Crippen LogP contribution in [0.4, 0.5) is 14.5 Å². The van der Waals surface area contributed by atoms with Crippen molar-refractivity contribution in [3.8, 4) is 0 Å². The van der Waals surface area contributed by atoms with Crippen LogP contribution in [0.2, 0.25) is 0 Å². The summed E-state index contributed by atoms with van der Waals surface area (Å²) in [5.74, 6) is -2.11. The lowest BCUT2D eigenvalue weighted by Crippen LogP contribution is -2.34. The highest BCUT2D eigenvalue weighted by molar-refractivity contribution is 9.10. The maximum Gasteiger partial charge on any atom is 0.229 e. The zero-order valence-electron chi connectivity index (χ0n) is 9.55. The van der Waals surface area contributed by atoms with Crippen LogP contribution in [0.1, 0.15) is 19.3 Å². The minimum absolute atomic E-state index is 0.0348. The Bertz CT molecular complexity index is 481. The molecule has 3 N–H and O–H groups in total. The van der Waals surface area contributed by atoms with Crippen LogP contribution >= 0.6 is 15.9 Å². The molecule has 0 saturated heterocycles. The van der Waals surface area contributed by atoms with E-state index in [2.05, 4.69) is 21.2 Å². The van der Waals surface area contributed by atoms with Crippen LogP contribution in [0.25, 0.3) is 0 Å². The van der Waals surface area contributed by atoms with Crippen molar-refractivity contribution < 1.29 is 13.6 Å². The molecular weight excluding hydrogens is 306 g/mol. The molecule has 1 amide bonds. The van der Waals surface area contributed by atoms with E-state index in [9.17, 15) is 13.6 Å². The predicted molar refractivity (Wildman–Crippen MR) is 68.0 cm³/mol. The van der Waals surface area contributed by atoms with Gasteiger partial charge in [0, 0.05) is 12.1 Å². The summed E-state index contributed by atoms with van der Waals surface area (Å²) in [4.78, 5) is 11.9. The minimum atomic E-state index is -0.796. The molecule has 0 aliphatic heterocycles. The summed E-state index contributed by atoms with van der Waals surface area (Å²) >= 11 is 2.95. The fraction of sp³-hybridized carbons (Fsp3) is 0.417. The van der Waals surface area contributed by atoms with Crippen molar-refractivity contribution in [1.82, 2.24) is 0 Å². The number of carbonyl (C=O) groups is 1. The van der Waals surface area contributed by atoms with Gasteiger partial charge in [-0.2, -0.15) is 0 Å². The second-order valence-electron chi connectivity index (χ2n) is 4.44. The Balaban J connectivity index is 2.14. The van der Waals surface area contributed by atoms with Gasteiger partial charge in [-0.1, -0.05) is 6.42 Å². The number of carbonyl (C=O) groups excluding carboxylic acids is 1. The Hall–Kier alpha value is -1.01. The number of nitrogens with two attached hydrogens (primary N) is 1. The molecule has 1 fully saturated rings. The standard InChI is InChI=1S/C12H13BrF2N2O/c13-7-4-11(9(15)5-8(7)14)17-12(18)6-2-1-3-10(6)16/h4-6,10H,1-3,16H2,(H,17,18). The van der Waals surface area contributed by atoms with Crippen molar-refractivity contribution in [1.29, 1.82) is 0 Å². The number of benzene rings is 1. The van der Waals surface area contributed by atoms with E-state index in [1.807, 2.05) is 0 Å². The van der Waals surface area contributed by atoms with E-state index in [-0.39, 0.29) is 28.0 Å². The zero-order chi connectivity index (χ0) is 13.3. The Morgan fingerprint density at radius 3 is 2.67 bits per heavy atom. The third-order valence-corrected chi connectivity index (χ3v) is 3.78. The minimum Gasteiger partial charge on any atom is -0.327 e. The number of halogens is 3. The average molecular weight is 319 g/mol. The quantitative estimate of drug-likeness (QED) is 0.824. The van der Waals surface area contributed by atoms with Gasteiger partial charge in [0.05, 0.1) is 16.1 Å². The Morgan fingerprint density at radius 2 is 2.06 bits per heavy atom. The largest absolute Gasteiger partial charge is 0.327 e. The van der Waals surface area contributed by atoms with Crippen LogP contribution in [0, 0.1) is 17.6 Å². The van der Waals surface area contributed by atoms with Crippen LogP contribution in [-0.4, -0.2) is 11.9 Å². The molecule has 1 aliphatic rings. The summed E-state index contributed by atoms with van der Waals surface area (Å²) in [6.07, 6.45) is 2.40. The van der Waals surface area contributed by atoms with Crippen LogP contribution in [0.3, 0.4) is 0 Å². The Morgan fingerprint density at radius 1 is 1.33 bits per heavy atom. The van der Waals surface area contributed by atoms with Gasteiger partial charge < -0.3 is 11.1 Å². The second-order valence-corrected chi connectivity index (χ2v) is 5.29. The molecule has 2 unspecified atom stereocenters. The highest BCUT2D eigenvalue weighted by Crippen LogP contribution is 2.28. The van der Waals surface area contributed by atoms with E-state index in [4.69, 9.17) is 5.73 Å². The summed E-state index contributed by atoms with van der Waals surface area (Å²) in [5, 5.41) is 2.46. The maximum absolute atomic E-state index is 13.5. The summed E-state index contributed by atoms with van der Waals surface area (Å²) < 4.78 is 26.6. The van der Waals surface area contributed by atoms with E-state index in [0.29, 0.717) is 6.42 Å². The third-order valence-electron chi connectivity index (χ3n) is 3.17. The molecule has 0 radical (unpaired) electrons. The van der Waals surface area contributed by atoms with Gasteiger partial charge >= 0.3 is 0 Å². The molecule has 2 rings (SSSR count). The molecule has 0 spiro atoms. The number of nitrogens with one attached hydrogen (secondary N) is 1. The zero-order valence-corrected chi connectivity index (χ0v) is 11.1. The fourth-order valence-electron chi connectivity index (χ4n) is 2.16. The Labute approximate surface area is 112 Å². The van der Waals surface area contributed by atoms with Gasteiger partial charge in [-0.3, -0.25) is 4.79 Å². The first-order valence-electron chi connectivity index (χ1n) is 5.70. The number of rotatable bonds is 2. The van der Waals surface area contributed by atoms with Gasteiger partial charge in [-0.25, -0.2) is 8.78 Å². The van der Waals surface area contributed by atoms with E-state index >= 15 is 0 Å². The molecule has 18 heavy (non-hydrogen) atoms. The molecule has 0 aromatic heterocycles. The topological polar surface area (TPSA) is 55.1 Å². The molecule has 0 bridgehead atoms. The molecule has 2 atom stereocenters. The molecule has 98 valence electrons. The van der Waals surface area contributed by atoms with Gasteiger partial charge in [-0.05, 0) is 34.8 Å². The molecular formula is C12H13BrF2N2O. The Kier molecular flexibility index (Phi) is 3.97. The van der Waals surface area contributed by atoms with E-state index in [0.717, 1.165) is 18.9 Å². The maximum atomic E-state index is 13.5. The summed E-state index contributed by atoms with van der Waals surface area (Å²) in [6.45, 7) is 0. The molecule has 3 nitrogen and oxygen atoms in total. The van der Waals surface area contributed by atoms with Gasteiger partial charge in [0.2, 0.25) is 5.91 Å². The number of hydrogen-bond acceptors (Lipinski definition) is 2. The predicted octanol–water partition coefficient (Wildman–Crippen LogP) is 2.79. The van der Waals surface area contributed by atoms with Crippen molar-refractivity contribution in [2.24, 2.45) is 11.7 Å². The van der Waals surface area contributed by atoms with E-state index in [1.165, 1.54) is 6.07 Å². The third kappa shape index (κ3) is 2.70. The normalized spacial score (nSPS) is 23.1. The first-order valence-corrected chi connectivity index (χ1v) is 6.49. The summed E-state index contributed by atoms with van der Waals surface area (Å²) in [6, 6.07) is 1.76. The van der Waals surface area contributed by atoms with Crippen molar-refractivity contribution in [2.45, 2.75) is 25.3 Å². The molecule has 1 aliphatic carbocycles. The van der Waals surface area contributed by atoms with Crippen LogP contribution in [-0.2, 0) is 4.79 Å². The first kappa shape index (κ1) is 13.4. The van der Waals surface area contributed by atoms with Crippen LogP contribution in [0.15, 0.2) is 16.6 Å². The van der Waals surface area contributed by atoms with Crippen molar-refractivity contribution in [2.75, 3.05) is 5.32 Å². The number of amides is 1. The smallest absolute Gasteiger partial charge is 0.229 e. The molecule has 1 aromatic carbocycles. The fourth-order valence-corrected chi connectivity index (χ4v) is 2.50. The lowest BCUT2D eigenvalue weighted by atomic mass is 10.0. The molecule has 1 saturated carbocycles. The second kappa shape index (κ2) is 5.32. The lowest BCUT2D eigenvalue weighted by Gasteiger charge is -2.15. The summed E-state index contributed by atoms with van der Waals surface area (Å²) in [7, 11) is 0.